The van der Waals surface area contributed by atoms with Gasteiger partial charge in [-0.25, -0.2) is 14.6 Å². The molecule has 0 spiro atoms. The van der Waals surface area contributed by atoms with E-state index in [1.165, 1.54) is 11.8 Å². The van der Waals surface area contributed by atoms with Crippen molar-refractivity contribution in [1.29, 1.82) is 0 Å². The van der Waals surface area contributed by atoms with Crippen LogP contribution in [0.15, 0.2) is 39.1 Å². The van der Waals surface area contributed by atoms with Crippen LogP contribution in [0.1, 0.15) is 13.8 Å². The zero-order chi connectivity index (χ0) is 18.0. The number of fused-ring (bicyclic) bond motifs is 1. The first-order valence-corrected chi connectivity index (χ1v) is 9.01. The quantitative estimate of drug-likeness (QED) is 0.610. The second-order valence-corrected chi connectivity index (χ2v) is 6.68. The van der Waals surface area contributed by atoms with Crippen LogP contribution in [0.25, 0.3) is 11.1 Å². The molecule has 7 nitrogen and oxygen atoms in total. The number of esters is 1. The van der Waals surface area contributed by atoms with Crippen molar-refractivity contribution in [1.82, 2.24) is 15.6 Å². The minimum absolute atomic E-state index is 0.259. The number of nitrogens with zero attached hydrogens (tertiary/aromatic N) is 1. The number of thioether (sulfide) groups is 1. The molecule has 0 fully saturated rings. The van der Waals surface area contributed by atoms with Crippen LogP contribution in [0, 0.1) is 0 Å². The average Bonchev–Trinajstić information content (AvgIpc) is 2.94. The highest BCUT2D eigenvalue weighted by Crippen LogP contribution is 2.28. The highest BCUT2D eigenvalue weighted by Gasteiger charge is 2.29. The number of carbonyl (C=O) groups excluding carboxylic acids is 2. The van der Waals surface area contributed by atoms with Crippen LogP contribution in [0.4, 0.5) is 4.79 Å². The molecule has 1 atom stereocenters. The van der Waals surface area contributed by atoms with Crippen molar-refractivity contribution >= 4 is 46.5 Å². The molecule has 2 aromatic rings. The van der Waals surface area contributed by atoms with Crippen LogP contribution < -0.4 is 10.6 Å². The Morgan fingerprint density at radius 1 is 1.48 bits per heavy atom. The molecule has 9 heteroatoms. The van der Waals surface area contributed by atoms with E-state index < -0.39 is 12.0 Å². The Bertz CT molecular complexity index is 864. The molecule has 1 aliphatic heterocycles. The van der Waals surface area contributed by atoms with Crippen molar-refractivity contribution in [3.05, 3.63) is 34.5 Å². The number of urea groups is 1. The second kappa shape index (κ2) is 7.37. The fraction of sp³-hybridized carbons (Fsp3) is 0.312. The first-order valence-electron chi connectivity index (χ1n) is 7.64. The zero-order valence-electron chi connectivity index (χ0n) is 13.6. The van der Waals surface area contributed by atoms with E-state index >= 15 is 0 Å². The molecular formula is C16H16ClN3O4S. The summed E-state index contributed by atoms with van der Waals surface area (Å²) in [6.45, 7) is 3.72. The maximum Gasteiger partial charge on any atom is 0.337 e. The van der Waals surface area contributed by atoms with E-state index in [9.17, 15) is 9.59 Å². The number of halogens is 1. The minimum atomic E-state index is -0.456. The van der Waals surface area contributed by atoms with E-state index in [1.807, 2.05) is 0 Å². The normalized spacial score (nSPS) is 17.4. The number of amides is 2. The summed E-state index contributed by atoms with van der Waals surface area (Å²) in [5, 5.41) is 6.31. The van der Waals surface area contributed by atoms with Gasteiger partial charge in [0.25, 0.3) is 5.22 Å². The average molecular weight is 382 g/mol. The number of ether oxygens (including phenoxy) is 1. The Morgan fingerprint density at radius 3 is 3.04 bits per heavy atom. The van der Waals surface area contributed by atoms with E-state index in [2.05, 4.69) is 15.6 Å². The number of rotatable bonds is 5. The van der Waals surface area contributed by atoms with Gasteiger partial charge in [-0.1, -0.05) is 23.4 Å². The summed E-state index contributed by atoms with van der Waals surface area (Å²) < 4.78 is 10.7. The van der Waals surface area contributed by atoms with Gasteiger partial charge >= 0.3 is 12.0 Å². The minimum Gasteiger partial charge on any atom is -0.463 e. The largest absolute Gasteiger partial charge is 0.463 e. The molecule has 3 rings (SSSR count). The predicted molar refractivity (Wildman–Crippen MR) is 94.5 cm³/mol. The summed E-state index contributed by atoms with van der Waals surface area (Å²) in [5.74, 6) is -0.144. The van der Waals surface area contributed by atoms with E-state index in [-0.39, 0.29) is 12.6 Å². The van der Waals surface area contributed by atoms with Crippen molar-refractivity contribution in [2.45, 2.75) is 25.1 Å². The fourth-order valence-electron chi connectivity index (χ4n) is 2.47. The van der Waals surface area contributed by atoms with E-state index in [0.29, 0.717) is 38.4 Å². The van der Waals surface area contributed by atoms with Gasteiger partial charge in [-0.2, -0.15) is 0 Å². The summed E-state index contributed by atoms with van der Waals surface area (Å²) in [6, 6.07) is 4.39. The van der Waals surface area contributed by atoms with Gasteiger partial charge in [-0.3, -0.25) is 0 Å². The van der Waals surface area contributed by atoms with Crippen LogP contribution in [0.5, 0.6) is 0 Å². The van der Waals surface area contributed by atoms with Crippen molar-refractivity contribution < 1.29 is 18.7 Å². The lowest BCUT2D eigenvalue weighted by Gasteiger charge is -2.26. The molecule has 1 aromatic heterocycles. The summed E-state index contributed by atoms with van der Waals surface area (Å²) >= 11 is 7.21. The Morgan fingerprint density at radius 2 is 2.28 bits per heavy atom. The van der Waals surface area contributed by atoms with Crippen LogP contribution in [0.3, 0.4) is 0 Å². The Kier molecular flexibility index (Phi) is 5.19. The lowest BCUT2D eigenvalue weighted by molar-refractivity contribution is -0.138. The van der Waals surface area contributed by atoms with E-state index in [4.69, 9.17) is 20.8 Å². The van der Waals surface area contributed by atoms with Gasteiger partial charge in [0.05, 0.1) is 18.2 Å². The van der Waals surface area contributed by atoms with Gasteiger partial charge in [0.15, 0.2) is 5.58 Å². The molecule has 1 aromatic carbocycles. The van der Waals surface area contributed by atoms with Crippen LogP contribution >= 0.6 is 23.4 Å². The predicted octanol–water partition coefficient (Wildman–Crippen LogP) is 3.09. The maximum atomic E-state index is 12.2. The number of hydrogen-bond acceptors (Lipinski definition) is 6. The lowest BCUT2D eigenvalue weighted by Crippen LogP contribution is -2.49. The van der Waals surface area contributed by atoms with Crippen LogP contribution in [-0.4, -0.2) is 35.4 Å². The van der Waals surface area contributed by atoms with E-state index in [1.54, 1.807) is 32.0 Å². The Balaban J connectivity index is 1.82. The number of hydrogen-bond donors (Lipinski definition) is 2. The van der Waals surface area contributed by atoms with Crippen molar-refractivity contribution in [3.8, 4) is 0 Å². The molecule has 0 aliphatic carbocycles. The standard InChI is InChI=1S/C16H16ClN3O4S/c1-3-23-14(21)13-8(2)18-15(22)19-11(13)7-25-16-20-10-5-4-9(17)6-12(10)24-16/h4-6,8H,3,7H2,1-2H3,(H2,18,19,22)/t8-/m1/s1. The molecule has 0 bridgehead atoms. The van der Waals surface area contributed by atoms with Gasteiger partial charge in [0, 0.05) is 22.5 Å². The number of benzene rings is 1. The molecule has 25 heavy (non-hydrogen) atoms. The van der Waals surface area contributed by atoms with Crippen LogP contribution in [-0.2, 0) is 9.53 Å². The molecule has 132 valence electrons. The third kappa shape index (κ3) is 3.91. The summed E-state index contributed by atoms with van der Waals surface area (Å²) in [6.07, 6.45) is 0. The summed E-state index contributed by atoms with van der Waals surface area (Å²) in [4.78, 5) is 28.3. The van der Waals surface area contributed by atoms with Crippen molar-refractivity contribution in [2.75, 3.05) is 12.4 Å². The first kappa shape index (κ1) is 17.6. The summed E-state index contributed by atoms with van der Waals surface area (Å²) in [7, 11) is 0. The highest BCUT2D eigenvalue weighted by molar-refractivity contribution is 7.99. The SMILES string of the molecule is CCOC(=O)C1=C(CSc2nc3ccc(Cl)cc3o2)NC(=O)N[C@@H]1C. The highest BCUT2D eigenvalue weighted by atomic mass is 35.5. The van der Waals surface area contributed by atoms with Crippen molar-refractivity contribution in [3.63, 3.8) is 0 Å². The topological polar surface area (TPSA) is 93.5 Å². The molecule has 2 amide bonds. The van der Waals surface area contributed by atoms with Gasteiger partial charge in [-0.05, 0) is 26.0 Å². The molecule has 1 aliphatic rings. The second-order valence-electron chi connectivity index (χ2n) is 5.31. The molecule has 0 saturated heterocycles. The van der Waals surface area contributed by atoms with Gasteiger partial charge in [0.2, 0.25) is 0 Å². The Hall–Kier alpha value is -2.19. The fourth-order valence-corrected chi connectivity index (χ4v) is 3.44. The molecule has 2 N–H and O–H groups in total. The lowest BCUT2D eigenvalue weighted by atomic mass is 10.1. The number of oxazole rings is 1. The number of nitrogens with one attached hydrogen (secondary N) is 2. The van der Waals surface area contributed by atoms with Gasteiger partial charge in [0.1, 0.15) is 5.52 Å². The van der Waals surface area contributed by atoms with Gasteiger partial charge in [-0.15, -0.1) is 0 Å². The molecule has 0 radical (unpaired) electrons. The Labute approximate surface area is 153 Å². The molecular weight excluding hydrogens is 366 g/mol. The number of carbonyl (C=O) groups is 2. The summed E-state index contributed by atoms with van der Waals surface area (Å²) in [5.41, 5.74) is 2.15. The van der Waals surface area contributed by atoms with E-state index in [0.717, 1.165) is 0 Å². The third-order valence-corrected chi connectivity index (χ3v) is 4.63. The third-order valence-electron chi connectivity index (χ3n) is 3.54. The van der Waals surface area contributed by atoms with Gasteiger partial charge < -0.3 is 19.8 Å². The molecule has 2 heterocycles. The number of aromatic nitrogens is 1. The van der Waals surface area contributed by atoms with Crippen LogP contribution in [0.2, 0.25) is 5.02 Å². The van der Waals surface area contributed by atoms with Crippen molar-refractivity contribution in [2.24, 2.45) is 0 Å². The zero-order valence-corrected chi connectivity index (χ0v) is 15.2. The molecule has 0 saturated carbocycles. The molecule has 0 unspecified atom stereocenters. The first-order chi connectivity index (χ1) is 12.0. The smallest absolute Gasteiger partial charge is 0.337 e. The maximum absolute atomic E-state index is 12.2. The monoisotopic (exact) mass is 381 g/mol.